The highest BCUT2D eigenvalue weighted by molar-refractivity contribution is 6.12. The monoisotopic (exact) mass is 489 g/mol. The lowest BCUT2D eigenvalue weighted by molar-refractivity contribution is -0.156. The number of pyridine rings is 1. The number of benzene rings is 1. The third-order valence-corrected chi connectivity index (χ3v) is 6.60. The average molecular weight is 490 g/mol. The van der Waals surface area contributed by atoms with Crippen LogP contribution >= 0.6 is 0 Å². The first-order valence-electron chi connectivity index (χ1n) is 11.9. The number of β-lactam (4-membered cyclic amide) rings is 1. The molecule has 3 N–H and O–H groups in total. The highest BCUT2D eigenvalue weighted by Crippen LogP contribution is 2.33. The molecule has 1 aliphatic heterocycles. The number of carbonyl (C=O) groups excluding carboxylic acids is 3. The number of urea groups is 1. The molecule has 0 bridgehead atoms. The SMILES string of the molecule is CCC(NC(=O)N1C(=O)[C@H](Cc2ccnc(N)c2)[C@H]1C(=O)N(C)c1nccn1C)c1ccc(C)cc1. The molecule has 3 atom stereocenters. The maximum atomic E-state index is 13.6. The molecule has 2 aromatic heterocycles. The van der Waals surface area contributed by atoms with Gasteiger partial charge in [-0.1, -0.05) is 36.8 Å². The summed E-state index contributed by atoms with van der Waals surface area (Å²) in [4.78, 5) is 50.9. The van der Waals surface area contributed by atoms with Crippen LogP contribution in [-0.2, 0) is 23.1 Å². The largest absolute Gasteiger partial charge is 0.384 e. The predicted octanol–water partition coefficient (Wildman–Crippen LogP) is 2.60. The fourth-order valence-corrected chi connectivity index (χ4v) is 4.55. The Bertz CT molecular complexity index is 1270. The lowest BCUT2D eigenvalue weighted by Gasteiger charge is -2.45. The summed E-state index contributed by atoms with van der Waals surface area (Å²) in [6.07, 6.45) is 5.75. The van der Waals surface area contributed by atoms with Crippen LogP contribution in [0.25, 0.3) is 0 Å². The molecule has 1 aromatic carbocycles. The van der Waals surface area contributed by atoms with E-state index >= 15 is 0 Å². The lowest BCUT2D eigenvalue weighted by atomic mass is 9.81. The molecule has 0 aliphatic carbocycles. The van der Waals surface area contributed by atoms with Gasteiger partial charge in [-0.2, -0.15) is 0 Å². The van der Waals surface area contributed by atoms with Gasteiger partial charge in [-0.3, -0.25) is 19.4 Å². The molecule has 36 heavy (non-hydrogen) atoms. The normalized spacial score (nSPS) is 17.9. The molecule has 10 nitrogen and oxygen atoms in total. The summed E-state index contributed by atoms with van der Waals surface area (Å²) in [6.45, 7) is 3.95. The molecule has 10 heteroatoms. The van der Waals surface area contributed by atoms with Gasteiger partial charge in [-0.25, -0.2) is 14.8 Å². The average Bonchev–Trinajstić information content (AvgIpc) is 3.29. The smallest absolute Gasteiger partial charge is 0.325 e. The Morgan fingerprint density at radius 1 is 1.17 bits per heavy atom. The molecule has 0 saturated carbocycles. The van der Waals surface area contributed by atoms with Gasteiger partial charge >= 0.3 is 6.03 Å². The van der Waals surface area contributed by atoms with E-state index < -0.39 is 29.8 Å². The number of nitrogen functional groups attached to an aromatic ring is 1. The van der Waals surface area contributed by atoms with Crippen LogP contribution in [0.15, 0.2) is 55.0 Å². The molecular weight excluding hydrogens is 458 g/mol. The van der Waals surface area contributed by atoms with Crippen molar-refractivity contribution in [2.45, 2.75) is 38.8 Å². The quantitative estimate of drug-likeness (QED) is 0.491. The molecule has 3 heterocycles. The number of nitrogens with zero attached hydrogens (tertiary/aromatic N) is 5. The number of nitrogens with two attached hydrogens (primary N) is 1. The molecular formula is C26H31N7O3. The van der Waals surface area contributed by atoms with Crippen molar-refractivity contribution >= 4 is 29.6 Å². The predicted molar refractivity (Wildman–Crippen MR) is 136 cm³/mol. The number of aromatic nitrogens is 3. The minimum atomic E-state index is -0.982. The summed E-state index contributed by atoms with van der Waals surface area (Å²) < 4.78 is 1.70. The minimum Gasteiger partial charge on any atom is -0.384 e. The highest BCUT2D eigenvalue weighted by Gasteiger charge is 2.55. The van der Waals surface area contributed by atoms with Crippen LogP contribution in [-0.4, -0.2) is 50.4 Å². The second-order valence-electron chi connectivity index (χ2n) is 9.11. The zero-order valence-electron chi connectivity index (χ0n) is 20.9. The van der Waals surface area contributed by atoms with Gasteiger partial charge < -0.3 is 15.6 Å². The van der Waals surface area contributed by atoms with Gasteiger partial charge in [0.25, 0.3) is 5.91 Å². The van der Waals surface area contributed by atoms with Crippen LogP contribution < -0.4 is 16.0 Å². The van der Waals surface area contributed by atoms with E-state index in [2.05, 4.69) is 15.3 Å². The number of rotatable bonds is 7. The molecule has 1 fully saturated rings. The fourth-order valence-electron chi connectivity index (χ4n) is 4.55. The van der Waals surface area contributed by atoms with Crippen LogP contribution in [0.1, 0.15) is 36.1 Å². The van der Waals surface area contributed by atoms with Crippen LogP contribution in [0.2, 0.25) is 0 Å². The highest BCUT2D eigenvalue weighted by atomic mass is 16.2. The third kappa shape index (κ3) is 4.79. The maximum Gasteiger partial charge on any atom is 0.325 e. The standard InChI is InChI=1S/C26H31N7O3/c1-5-20(18-8-6-16(2)7-9-18)30-26(36)33-22(24(35)32(4)25-29-12-13-31(25)3)19(23(33)34)14-17-10-11-28-21(27)15-17/h6-13,15,19-20,22H,5,14H2,1-4H3,(H2,27,28)(H,30,36)/t19-,20?,22+/m1/s1. The van der Waals surface area contributed by atoms with E-state index in [-0.39, 0.29) is 12.5 Å². The first-order chi connectivity index (χ1) is 17.2. The fraction of sp³-hybridized carbons (Fsp3) is 0.346. The molecule has 0 spiro atoms. The van der Waals surface area contributed by atoms with E-state index in [0.717, 1.165) is 21.6 Å². The van der Waals surface area contributed by atoms with Gasteiger partial charge in [0.1, 0.15) is 11.9 Å². The third-order valence-electron chi connectivity index (χ3n) is 6.60. The summed E-state index contributed by atoms with van der Waals surface area (Å²) in [5.41, 5.74) is 8.62. The van der Waals surface area contributed by atoms with Crippen molar-refractivity contribution in [2.24, 2.45) is 13.0 Å². The maximum absolute atomic E-state index is 13.6. The Labute approximate surface area is 210 Å². The number of nitrogens with one attached hydrogen (secondary N) is 1. The van der Waals surface area contributed by atoms with Crippen molar-refractivity contribution in [1.29, 1.82) is 0 Å². The van der Waals surface area contributed by atoms with Gasteiger partial charge in [0.2, 0.25) is 11.9 Å². The van der Waals surface area contributed by atoms with Gasteiger partial charge in [-0.05, 0) is 43.0 Å². The molecule has 3 aromatic rings. The van der Waals surface area contributed by atoms with Crippen LogP contribution in [0, 0.1) is 12.8 Å². The van der Waals surface area contributed by atoms with Crippen molar-refractivity contribution in [2.75, 3.05) is 17.7 Å². The van der Waals surface area contributed by atoms with Crippen molar-refractivity contribution in [3.8, 4) is 0 Å². The Morgan fingerprint density at radius 2 is 1.89 bits per heavy atom. The van der Waals surface area contributed by atoms with Gasteiger partial charge in [0.05, 0.1) is 12.0 Å². The number of carbonyl (C=O) groups is 3. The summed E-state index contributed by atoms with van der Waals surface area (Å²) in [5, 5.41) is 2.94. The van der Waals surface area contributed by atoms with Crippen molar-refractivity contribution in [1.82, 2.24) is 24.8 Å². The molecule has 188 valence electrons. The summed E-state index contributed by atoms with van der Waals surface area (Å²) >= 11 is 0. The molecule has 1 aliphatic rings. The summed E-state index contributed by atoms with van der Waals surface area (Å²) in [7, 11) is 3.36. The van der Waals surface area contributed by atoms with Gasteiger partial charge in [0.15, 0.2) is 0 Å². The molecule has 1 unspecified atom stereocenters. The number of amides is 4. The zero-order chi connectivity index (χ0) is 26.0. The number of anilines is 2. The number of likely N-dealkylation sites (tertiary alicyclic amines) is 1. The Hall–Kier alpha value is -4.21. The molecule has 1 saturated heterocycles. The molecule has 0 radical (unpaired) electrons. The second-order valence-corrected chi connectivity index (χ2v) is 9.11. The zero-order valence-corrected chi connectivity index (χ0v) is 20.9. The first-order valence-corrected chi connectivity index (χ1v) is 11.9. The van der Waals surface area contributed by atoms with E-state index in [1.807, 2.05) is 38.1 Å². The Kier molecular flexibility index (Phi) is 7.05. The lowest BCUT2D eigenvalue weighted by Crippen LogP contribution is -2.70. The Morgan fingerprint density at radius 3 is 2.50 bits per heavy atom. The van der Waals surface area contributed by atoms with Crippen molar-refractivity contribution < 1.29 is 14.4 Å². The van der Waals surface area contributed by atoms with E-state index in [1.54, 1.807) is 49.4 Å². The number of hydrogen-bond acceptors (Lipinski definition) is 6. The first kappa shape index (κ1) is 24.9. The van der Waals surface area contributed by atoms with Crippen molar-refractivity contribution in [3.63, 3.8) is 0 Å². The van der Waals surface area contributed by atoms with Gasteiger partial charge in [0, 0.05) is 32.7 Å². The van der Waals surface area contributed by atoms with E-state index in [1.165, 1.54) is 4.90 Å². The summed E-state index contributed by atoms with van der Waals surface area (Å²) in [5.74, 6) is -0.779. The van der Waals surface area contributed by atoms with Gasteiger partial charge in [-0.15, -0.1) is 0 Å². The topological polar surface area (TPSA) is 126 Å². The number of imide groups is 1. The molecule has 4 amide bonds. The Balaban J connectivity index is 1.60. The number of hydrogen-bond donors (Lipinski definition) is 2. The van der Waals surface area contributed by atoms with Crippen LogP contribution in [0.5, 0.6) is 0 Å². The van der Waals surface area contributed by atoms with E-state index in [9.17, 15) is 14.4 Å². The van der Waals surface area contributed by atoms with E-state index in [4.69, 9.17) is 5.73 Å². The van der Waals surface area contributed by atoms with Crippen molar-refractivity contribution in [3.05, 3.63) is 71.7 Å². The number of likely N-dealkylation sites (N-methyl/N-ethyl adjacent to an activating group) is 1. The summed E-state index contributed by atoms with van der Waals surface area (Å²) in [6, 6.07) is 9.41. The van der Waals surface area contributed by atoms with Crippen LogP contribution in [0.4, 0.5) is 16.6 Å². The van der Waals surface area contributed by atoms with E-state index in [0.29, 0.717) is 18.2 Å². The minimum absolute atomic E-state index is 0.259. The molecule has 4 rings (SSSR count). The second kappa shape index (κ2) is 10.2. The van der Waals surface area contributed by atoms with Crippen LogP contribution in [0.3, 0.4) is 0 Å². The number of imidazole rings is 1. The number of aryl methyl sites for hydroxylation is 2.